The normalized spacial score (nSPS) is 15.1. The van der Waals surface area contributed by atoms with Gasteiger partial charge in [-0.15, -0.1) is 6.42 Å². The lowest BCUT2D eigenvalue weighted by Crippen LogP contribution is -2.52. The number of rotatable bonds is 6. The number of hydrogen-bond acceptors (Lipinski definition) is 4. The highest BCUT2D eigenvalue weighted by Gasteiger charge is 2.53. The maximum atomic E-state index is 13.6. The first-order valence-electron chi connectivity index (χ1n) is 10.2. The van der Waals surface area contributed by atoms with E-state index < -0.39 is 26.4 Å². The molecule has 0 spiro atoms. The van der Waals surface area contributed by atoms with Crippen LogP contribution in [0.5, 0.6) is 0 Å². The van der Waals surface area contributed by atoms with E-state index in [4.69, 9.17) is 6.42 Å². The summed E-state index contributed by atoms with van der Waals surface area (Å²) in [5.41, 5.74) is 2.54. The van der Waals surface area contributed by atoms with Crippen molar-refractivity contribution >= 4 is 27.3 Å². The molecule has 3 rings (SSSR count). The summed E-state index contributed by atoms with van der Waals surface area (Å²) in [4.78, 5) is 25.7. The summed E-state index contributed by atoms with van der Waals surface area (Å²) < 4.78 is 25.6. The van der Waals surface area contributed by atoms with Crippen LogP contribution in [0.15, 0.2) is 47.4 Å². The molecule has 0 unspecified atom stereocenters. The summed E-state index contributed by atoms with van der Waals surface area (Å²) in [5, 5.41) is 5.22. The van der Waals surface area contributed by atoms with Crippen LogP contribution in [0.2, 0.25) is 0 Å². The number of benzene rings is 2. The molecule has 0 aliphatic heterocycles. The quantitative estimate of drug-likeness (QED) is 0.678. The molecular formula is C24H26N2O4S. The van der Waals surface area contributed by atoms with Gasteiger partial charge in [0.1, 0.15) is 0 Å². The summed E-state index contributed by atoms with van der Waals surface area (Å²) in [6.07, 6.45) is 7.12. The fourth-order valence-corrected chi connectivity index (χ4v) is 6.38. The standard InChI is InChI=1S/C24H26N2O4S/c1-4-19-8-7-9-20(15-19)26-22(27)16-25-23(28)24(12-5-6-13-24)31(29,30)21-14-17(2)10-11-18(21)3/h1,7-11,14-15H,5-6,12-13,16H2,2-3H3,(H,25,28)(H,26,27). The zero-order valence-electron chi connectivity index (χ0n) is 17.7. The molecule has 0 aromatic heterocycles. The van der Waals surface area contributed by atoms with E-state index in [1.807, 2.05) is 13.0 Å². The molecule has 1 saturated carbocycles. The molecular weight excluding hydrogens is 412 g/mol. The fourth-order valence-electron chi connectivity index (χ4n) is 3.98. The summed E-state index contributed by atoms with van der Waals surface area (Å²) in [7, 11) is -3.93. The topological polar surface area (TPSA) is 92.3 Å². The summed E-state index contributed by atoms with van der Waals surface area (Å²) in [6.45, 7) is 3.22. The third kappa shape index (κ3) is 4.49. The van der Waals surface area contributed by atoms with E-state index in [2.05, 4.69) is 16.6 Å². The van der Waals surface area contributed by atoms with Gasteiger partial charge in [0, 0.05) is 11.3 Å². The van der Waals surface area contributed by atoms with E-state index in [1.165, 1.54) is 0 Å². The lowest BCUT2D eigenvalue weighted by atomic mass is 10.1. The number of amides is 2. The van der Waals surface area contributed by atoms with Gasteiger partial charge in [-0.2, -0.15) is 0 Å². The molecule has 0 bridgehead atoms. The fraction of sp³-hybridized carbons (Fsp3) is 0.333. The minimum absolute atomic E-state index is 0.181. The highest BCUT2D eigenvalue weighted by atomic mass is 32.2. The minimum atomic E-state index is -3.93. The molecule has 7 heteroatoms. The molecule has 2 aromatic carbocycles. The number of aryl methyl sites for hydroxylation is 2. The average molecular weight is 439 g/mol. The second-order valence-corrected chi connectivity index (χ2v) is 10.2. The molecule has 162 valence electrons. The van der Waals surface area contributed by atoms with Gasteiger partial charge in [0.2, 0.25) is 11.8 Å². The summed E-state index contributed by atoms with van der Waals surface area (Å²) in [6, 6.07) is 12.0. The first-order valence-corrected chi connectivity index (χ1v) is 11.6. The van der Waals surface area contributed by atoms with E-state index >= 15 is 0 Å². The molecule has 1 aliphatic rings. The number of anilines is 1. The van der Waals surface area contributed by atoms with Crippen molar-refractivity contribution in [2.24, 2.45) is 0 Å². The van der Waals surface area contributed by atoms with Gasteiger partial charge >= 0.3 is 0 Å². The minimum Gasteiger partial charge on any atom is -0.346 e. The highest BCUT2D eigenvalue weighted by molar-refractivity contribution is 7.93. The number of nitrogens with one attached hydrogen (secondary N) is 2. The molecule has 2 amide bonds. The number of carbonyl (C=O) groups is 2. The van der Waals surface area contributed by atoms with Crippen molar-refractivity contribution in [3.05, 3.63) is 59.2 Å². The van der Waals surface area contributed by atoms with Crippen LogP contribution in [0.1, 0.15) is 42.4 Å². The molecule has 1 fully saturated rings. The van der Waals surface area contributed by atoms with E-state index in [1.54, 1.807) is 43.3 Å². The maximum absolute atomic E-state index is 13.6. The smallest absolute Gasteiger partial charge is 0.243 e. The monoisotopic (exact) mass is 438 g/mol. The Bertz CT molecular complexity index is 1160. The van der Waals surface area contributed by atoms with Gasteiger partial charge in [0.05, 0.1) is 11.4 Å². The van der Waals surface area contributed by atoms with Gasteiger partial charge in [-0.05, 0) is 62.1 Å². The van der Waals surface area contributed by atoms with E-state index in [-0.39, 0.29) is 24.3 Å². The van der Waals surface area contributed by atoms with Gasteiger partial charge in [0.25, 0.3) is 0 Å². The Morgan fingerprint density at radius 2 is 1.81 bits per heavy atom. The van der Waals surface area contributed by atoms with Crippen LogP contribution in [-0.4, -0.2) is 31.5 Å². The Morgan fingerprint density at radius 1 is 1.10 bits per heavy atom. The predicted octanol–water partition coefficient (Wildman–Crippen LogP) is 3.13. The zero-order valence-corrected chi connectivity index (χ0v) is 18.5. The molecule has 0 atom stereocenters. The largest absolute Gasteiger partial charge is 0.346 e. The third-order valence-electron chi connectivity index (χ3n) is 5.70. The van der Waals surface area contributed by atoms with Crippen LogP contribution in [0.4, 0.5) is 5.69 Å². The van der Waals surface area contributed by atoms with Gasteiger partial charge in [-0.25, -0.2) is 8.42 Å². The Hall–Kier alpha value is -3.11. The number of hydrogen-bond donors (Lipinski definition) is 2. The predicted molar refractivity (Wildman–Crippen MR) is 120 cm³/mol. The van der Waals surface area contributed by atoms with Crippen molar-refractivity contribution in [1.82, 2.24) is 5.32 Å². The molecule has 31 heavy (non-hydrogen) atoms. The molecule has 0 saturated heterocycles. The third-order valence-corrected chi connectivity index (χ3v) is 8.34. The zero-order chi connectivity index (χ0) is 22.6. The first kappa shape index (κ1) is 22.6. The number of carbonyl (C=O) groups excluding carboxylic acids is 2. The average Bonchev–Trinajstić information content (AvgIpc) is 3.26. The van der Waals surface area contributed by atoms with E-state index in [0.717, 1.165) is 5.56 Å². The summed E-state index contributed by atoms with van der Waals surface area (Å²) >= 11 is 0. The van der Waals surface area contributed by atoms with Gasteiger partial charge < -0.3 is 10.6 Å². The maximum Gasteiger partial charge on any atom is 0.243 e. The Kier molecular flexibility index (Phi) is 6.51. The molecule has 0 radical (unpaired) electrons. The molecule has 2 N–H and O–H groups in total. The van der Waals surface area contributed by atoms with Crippen molar-refractivity contribution in [1.29, 1.82) is 0 Å². The van der Waals surface area contributed by atoms with Crippen LogP contribution in [0.25, 0.3) is 0 Å². The van der Waals surface area contributed by atoms with Crippen LogP contribution >= 0.6 is 0 Å². The summed E-state index contributed by atoms with van der Waals surface area (Å²) in [5.74, 6) is 1.40. The molecule has 0 heterocycles. The lowest BCUT2D eigenvalue weighted by Gasteiger charge is -2.28. The van der Waals surface area contributed by atoms with Crippen LogP contribution in [0.3, 0.4) is 0 Å². The second kappa shape index (κ2) is 8.94. The first-order chi connectivity index (χ1) is 14.7. The van der Waals surface area contributed by atoms with Crippen molar-refractivity contribution in [2.45, 2.75) is 49.2 Å². The molecule has 2 aromatic rings. The van der Waals surface area contributed by atoms with Gasteiger partial charge in [0.15, 0.2) is 14.6 Å². The van der Waals surface area contributed by atoms with Crippen LogP contribution < -0.4 is 10.6 Å². The van der Waals surface area contributed by atoms with E-state index in [0.29, 0.717) is 29.7 Å². The van der Waals surface area contributed by atoms with Crippen molar-refractivity contribution in [3.63, 3.8) is 0 Å². The van der Waals surface area contributed by atoms with E-state index in [9.17, 15) is 18.0 Å². The lowest BCUT2D eigenvalue weighted by molar-refractivity contribution is -0.126. The Morgan fingerprint density at radius 3 is 2.48 bits per heavy atom. The Balaban J connectivity index is 1.78. The highest BCUT2D eigenvalue weighted by Crippen LogP contribution is 2.41. The molecule has 6 nitrogen and oxygen atoms in total. The van der Waals surface area contributed by atoms with Crippen molar-refractivity contribution < 1.29 is 18.0 Å². The van der Waals surface area contributed by atoms with Crippen LogP contribution in [-0.2, 0) is 19.4 Å². The Labute approximate surface area is 183 Å². The van der Waals surface area contributed by atoms with Gasteiger partial charge in [-0.3, -0.25) is 9.59 Å². The number of sulfone groups is 1. The van der Waals surface area contributed by atoms with Crippen LogP contribution in [0, 0.1) is 26.2 Å². The number of terminal acetylenes is 1. The second-order valence-electron chi connectivity index (χ2n) is 7.93. The van der Waals surface area contributed by atoms with Gasteiger partial charge in [-0.1, -0.05) is 37.0 Å². The van der Waals surface area contributed by atoms with Crippen molar-refractivity contribution in [2.75, 3.05) is 11.9 Å². The molecule has 1 aliphatic carbocycles. The SMILES string of the molecule is C#Cc1cccc(NC(=O)CNC(=O)C2(S(=O)(=O)c3cc(C)ccc3C)CCCC2)c1. The van der Waals surface area contributed by atoms with Crippen molar-refractivity contribution in [3.8, 4) is 12.3 Å².